The van der Waals surface area contributed by atoms with Crippen molar-refractivity contribution in [1.29, 1.82) is 0 Å². The van der Waals surface area contributed by atoms with Gasteiger partial charge in [0, 0.05) is 35.6 Å². The lowest BCUT2D eigenvalue weighted by Crippen LogP contribution is -2.59. The van der Waals surface area contributed by atoms with Crippen LogP contribution in [0.3, 0.4) is 0 Å². The number of esters is 1. The van der Waals surface area contributed by atoms with Gasteiger partial charge in [0.05, 0.1) is 26.2 Å². The second kappa shape index (κ2) is 6.58. The van der Waals surface area contributed by atoms with Gasteiger partial charge in [-0.05, 0) is 43.2 Å². The SMILES string of the molecule is COC(=O)C[C@H]1CO[C@@](C)(O)[C@H]2CN3CCc4c([nH]c5ccccc45)[C@@H]3C[C@H]12. The van der Waals surface area contributed by atoms with Crippen LogP contribution in [0.2, 0.25) is 0 Å². The molecular formula is C22H28N2O4. The number of hydrogen-bond donors (Lipinski definition) is 2. The average molecular weight is 384 g/mol. The molecule has 2 aromatic rings. The molecule has 6 heteroatoms. The highest BCUT2D eigenvalue weighted by Crippen LogP contribution is 2.50. The molecule has 3 aliphatic heterocycles. The van der Waals surface area contributed by atoms with Crippen LogP contribution in [-0.2, 0) is 20.7 Å². The predicted molar refractivity (Wildman–Crippen MR) is 105 cm³/mol. The fourth-order valence-electron chi connectivity index (χ4n) is 5.77. The second-order valence-electron chi connectivity index (χ2n) is 8.74. The van der Waals surface area contributed by atoms with Crippen molar-refractivity contribution in [2.45, 2.75) is 38.0 Å². The molecule has 0 unspecified atom stereocenters. The number of carbonyl (C=O) groups is 1. The van der Waals surface area contributed by atoms with Gasteiger partial charge in [0.15, 0.2) is 5.79 Å². The molecule has 150 valence electrons. The van der Waals surface area contributed by atoms with Crippen molar-refractivity contribution in [3.8, 4) is 0 Å². The number of aliphatic hydroxyl groups is 1. The van der Waals surface area contributed by atoms with Gasteiger partial charge in [-0.1, -0.05) is 18.2 Å². The van der Waals surface area contributed by atoms with Crippen LogP contribution in [0.5, 0.6) is 0 Å². The Morgan fingerprint density at radius 2 is 2.25 bits per heavy atom. The first-order chi connectivity index (χ1) is 13.5. The molecule has 1 aromatic heterocycles. The van der Waals surface area contributed by atoms with Gasteiger partial charge in [0.25, 0.3) is 0 Å². The van der Waals surface area contributed by atoms with Gasteiger partial charge < -0.3 is 19.6 Å². The highest BCUT2D eigenvalue weighted by atomic mass is 16.6. The zero-order valence-corrected chi connectivity index (χ0v) is 16.5. The first kappa shape index (κ1) is 18.2. The topological polar surface area (TPSA) is 74.8 Å². The average Bonchev–Trinajstić information content (AvgIpc) is 3.08. The first-order valence-corrected chi connectivity index (χ1v) is 10.2. The number of piperidine rings is 1. The Hall–Kier alpha value is -1.89. The number of aromatic amines is 1. The first-order valence-electron chi connectivity index (χ1n) is 10.2. The van der Waals surface area contributed by atoms with Crippen LogP contribution in [0.1, 0.15) is 37.1 Å². The summed E-state index contributed by atoms with van der Waals surface area (Å²) < 4.78 is 10.7. The number of ether oxygens (including phenoxy) is 2. The molecule has 4 heterocycles. The van der Waals surface area contributed by atoms with E-state index in [0.29, 0.717) is 19.1 Å². The summed E-state index contributed by atoms with van der Waals surface area (Å²) in [7, 11) is 1.43. The lowest BCUT2D eigenvalue weighted by Gasteiger charge is -2.54. The number of nitrogens with one attached hydrogen (secondary N) is 1. The normalized spacial score (nSPS) is 35.1. The summed E-state index contributed by atoms with van der Waals surface area (Å²) in [5.74, 6) is -1.05. The maximum atomic E-state index is 12.0. The summed E-state index contributed by atoms with van der Waals surface area (Å²) in [5.41, 5.74) is 3.94. The molecule has 1 aromatic carbocycles. The van der Waals surface area contributed by atoms with Crippen molar-refractivity contribution in [2.75, 3.05) is 26.8 Å². The standard InChI is InChI=1S/C22H28N2O4/c1-22(26)17-11-24-8-7-15-14-5-3-4-6-18(14)23-21(15)19(24)10-16(17)13(12-28-22)9-20(25)27-2/h3-6,13,16-17,19,23,26H,7-12H2,1-2H3/t13-,16+,17-,19-,22+/m0/s1. The Morgan fingerprint density at radius 1 is 1.43 bits per heavy atom. The molecule has 5 rings (SSSR count). The van der Waals surface area contributed by atoms with Crippen LogP contribution in [0.15, 0.2) is 24.3 Å². The molecule has 0 bridgehead atoms. The number of methoxy groups -OCH3 is 1. The van der Waals surface area contributed by atoms with Crippen molar-refractivity contribution in [1.82, 2.24) is 9.88 Å². The molecule has 28 heavy (non-hydrogen) atoms. The van der Waals surface area contributed by atoms with Crippen LogP contribution < -0.4 is 0 Å². The van der Waals surface area contributed by atoms with Crippen LogP contribution in [0.25, 0.3) is 10.9 Å². The van der Waals surface area contributed by atoms with E-state index < -0.39 is 5.79 Å². The van der Waals surface area contributed by atoms with E-state index in [1.165, 1.54) is 29.3 Å². The monoisotopic (exact) mass is 384 g/mol. The van der Waals surface area contributed by atoms with Crippen molar-refractivity contribution in [3.05, 3.63) is 35.5 Å². The summed E-state index contributed by atoms with van der Waals surface area (Å²) in [5, 5.41) is 12.2. The minimum atomic E-state index is -1.15. The molecule has 6 nitrogen and oxygen atoms in total. The van der Waals surface area contributed by atoms with Crippen LogP contribution >= 0.6 is 0 Å². The minimum absolute atomic E-state index is 0.00177. The Balaban J connectivity index is 1.50. The fraction of sp³-hybridized carbons (Fsp3) is 0.591. The summed E-state index contributed by atoms with van der Waals surface area (Å²) in [6, 6.07) is 8.81. The van der Waals surface area contributed by atoms with E-state index in [-0.39, 0.29) is 23.7 Å². The highest BCUT2D eigenvalue weighted by Gasteiger charge is 2.52. The van der Waals surface area contributed by atoms with E-state index in [1.807, 2.05) is 0 Å². The molecule has 0 saturated carbocycles. The zero-order valence-electron chi connectivity index (χ0n) is 16.5. The molecule has 3 aliphatic rings. The lowest BCUT2D eigenvalue weighted by molar-refractivity contribution is -0.288. The number of benzene rings is 1. The van der Waals surface area contributed by atoms with Crippen LogP contribution in [0, 0.1) is 17.8 Å². The van der Waals surface area contributed by atoms with E-state index in [2.05, 4.69) is 34.1 Å². The maximum absolute atomic E-state index is 12.0. The second-order valence-corrected chi connectivity index (χ2v) is 8.74. The summed E-state index contributed by atoms with van der Waals surface area (Å²) >= 11 is 0. The number of aromatic nitrogens is 1. The van der Waals surface area contributed by atoms with Crippen molar-refractivity contribution in [2.24, 2.45) is 17.8 Å². The lowest BCUT2D eigenvalue weighted by atomic mass is 9.67. The van der Waals surface area contributed by atoms with Gasteiger partial charge in [0.2, 0.25) is 0 Å². The third-order valence-corrected chi connectivity index (χ3v) is 7.25. The van der Waals surface area contributed by atoms with Gasteiger partial charge in [0.1, 0.15) is 0 Å². The summed E-state index contributed by atoms with van der Waals surface area (Å²) in [6.45, 7) is 3.95. The highest BCUT2D eigenvalue weighted by molar-refractivity contribution is 5.85. The number of H-pyrrole nitrogens is 1. The quantitative estimate of drug-likeness (QED) is 0.779. The molecule has 0 radical (unpaired) electrons. The van der Waals surface area contributed by atoms with E-state index in [4.69, 9.17) is 9.47 Å². The van der Waals surface area contributed by atoms with Gasteiger partial charge in [-0.3, -0.25) is 9.69 Å². The van der Waals surface area contributed by atoms with Crippen molar-refractivity contribution < 1.29 is 19.4 Å². The number of nitrogens with zero attached hydrogens (tertiary/aromatic N) is 1. The molecule has 2 fully saturated rings. The number of fused-ring (bicyclic) bond motifs is 6. The number of para-hydroxylation sites is 1. The number of rotatable bonds is 2. The minimum Gasteiger partial charge on any atom is -0.469 e. The predicted octanol–water partition coefficient (Wildman–Crippen LogP) is 2.62. The fourth-order valence-corrected chi connectivity index (χ4v) is 5.77. The largest absolute Gasteiger partial charge is 0.469 e. The van der Waals surface area contributed by atoms with E-state index in [0.717, 1.165) is 25.9 Å². The molecule has 0 spiro atoms. The third-order valence-electron chi connectivity index (χ3n) is 7.25. The zero-order chi connectivity index (χ0) is 19.5. The number of carbonyl (C=O) groups excluding carboxylic acids is 1. The molecule has 5 atom stereocenters. The van der Waals surface area contributed by atoms with Gasteiger partial charge in [-0.25, -0.2) is 0 Å². The Labute approximate surface area is 164 Å². The Bertz CT molecular complexity index is 905. The van der Waals surface area contributed by atoms with E-state index in [9.17, 15) is 9.90 Å². The summed E-state index contributed by atoms with van der Waals surface area (Å²) in [6.07, 6.45) is 2.29. The molecular weight excluding hydrogens is 356 g/mol. The van der Waals surface area contributed by atoms with Gasteiger partial charge in [-0.2, -0.15) is 0 Å². The van der Waals surface area contributed by atoms with Crippen molar-refractivity contribution >= 4 is 16.9 Å². The molecule has 0 amide bonds. The molecule has 2 N–H and O–H groups in total. The van der Waals surface area contributed by atoms with Crippen LogP contribution in [-0.4, -0.2) is 53.6 Å². The molecule has 2 saturated heterocycles. The van der Waals surface area contributed by atoms with E-state index in [1.54, 1.807) is 6.92 Å². The van der Waals surface area contributed by atoms with Gasteiger partial charge >= 0.3 is 5.97 Å². The van der Waals surface area contributed by atoms with Gasteiger partial charge in [-0.15, -0.1) is 0 Å². The van der Waals surface area contributed by atoms with E-state index >= 15 is 0 Å². The maximum Gasteiger partial charge on any atom is 0.305 e. The van der Waals surface area contributed by atoms with Crippen LogP contribution in [0.4, 0.5) is 0 Å². The summed E-state index contributed by atoms with van der Waals surface area (Å²) in [4.78, 5) is 18.1. The number of hydrogen-bond acceptors (Lipinski definition) is 5. The molecule has 0 aliphatic carbocycles. The smallest absolute Gasteiger partial charge is 0.305 e. The Kier molecular flexibility index (Phi) is 4.27. The third kappa shape index (κ3) is 2.78. The van der Waals surface area contributed by atoms with Crippen molar-refractivity contribution in [3.63, 3.8) is 0 Å². The Morgan fingerprint density at radius 3 is 3.07 bits per heavy atom.